The Morgan fingerprint density at radius 1 is 0.920 bits per heavy atom. The van der Waals surface area contributed by atoms with Crippen LogP contribution in [0.25, 0.3) is 5.57 Å². The average molecular weight is 334 g/mol. The third-order valence-corrected chi connectivity index (χ3v) is 4.45. The Morgan fingerprint density at radius 2 is 1.64 bits per heavy atom. The van der Waals surface area contributed by atoms with E-state index in [9.17, 15) is 9.59 Å². The van der Waals surface area contributed by atoms with Gasteiger partial charge in [-0.3, -0.25) is 14.5 Å². The first-order valence-corrected chi connectivity index (χ1v) is 8.53. The highest BCUT2D eigenvalue weighted by molar-refractivity contribution is 6.36. The molecule has 128 valence electrons. The maximum absolute atomic E-state index is 12.8. The van der Waals surface area contributed by atoms with Gasteiger partial charge in [-0.05, 0) is 49.1 Å². The highest BCUT2D eigenvalue weighted by Gasteiger charge is 2.38. The molecule has 1 heterocycles. The Morgan fingerprint density at radius 3 is 2.28 bits per heavy atom. The van der Waals surface area contributed by atoms with E-state index in [1.165, 1.54) is 10.5 Å². The van der Waals surface area contributed by atoms with E-state index in [4.69, 9.17) is 0 Å². The minimum absolute atomic E-state index is 0.232. The molecular weight excluding hydrogens is 312 g/mol. The van der Waals surface area contributed by atoms with E-state index in [1.54, 1.807) is 0 Å². The van der Waals surface area contributed by atoms with Crippen molar-refractivity contribution >= 4 is 23.1 Å². The maximum atomic E-state index is 12.8. The van der Waals surface area contributed by atoms with Crippen LogP contribution in [-0.4, -0.2) is 23.3 Å². The fourth-order valence-electron chi connectivity index (χ4n) is 2.95. The molecule has 0 fully saturated rings. The molecule has 0 saturated carbocycles. The minimum Gasteiger partial charge on any atom is -0.350 e. The summed E-state index contributed by atoms with van der Waals surface area (Å²) in [5.74, 6) is -0.492. The van der Waals surface area contributed by atoms with E-state index in [1.807, 2.05) is 69.3 Å². The van der Waals surface area contributed by atoms with Crippen LogP contribution in [0.4, 0.5) is 5.69 Å². The molecule has 4 nitrogen and oxygen atoms in total. The molecule has 2 aromatic rings. The van der Waals surface area contributed by atoms with Gasteiger partial charge in [0.15, 0.2) is 0 Å². The van der Waals surface area contributed by atoms with E-state index < -0.39 is 0 Å². The molecule has 0 aliphatic carbocycles. The van der Waals surface area contributed by atoms with Crippen LogP contribution < -0.4 is 5.32 Å². The first-order chi connectivity index (χ1) is 12.0. The Labute approximate surface area is 148 Å². The summed E-state index contributed by atoms with van der Waals surface area (Å²) in [7, 11) is 0. The van der Waals surface area contributed by atoms with E-state index >= 15 is 0 Å². The fraction of sp³-hybridized carbons (Fsp3) is 0.238. The predicted molar refractivity (Wildman–Crippen MR) is 99.9 cm³/mol. The van der Waals surface area contributed by atoms with Crippen molar-refractivity contribution in [2.75, 3.05) is 11.9 Å². The third kappa shape index (κ3) is 3.20. The molecule has 1 aliphatic heterocycles. The molecule has 1 N–H and O–H groups in total. The minimum atomic E-state index is -0.260. The van der Waals surface area contributed by atoms with Crippen LogP contribution in [0.5, 0.6) is 0 Å². The molecule has 0 atom stereocenters. The number of aryl methyl sites for hydroxylation is 2. The van der Waals surface area contributed by atoms with Crippen molar-refractivity contribution < 1.29 is 9.59 Å². The molecule has 0 saturated heterocycles. The van der Waals surface area contributed by atoms with Crippen LogP contribution >= 0.6 is 0 Å². The van der Waals surface area contributed by atoms with Gasteiger partial charge in [-0.1, -0.05) is 43.3 Å². The Bertz CT molecular complexity index is 853. The molecule has 1 aliphatic rings. The van der Waals surface area contributed by atoms with E-state index in [-0.39, 0.29) is 11.8 Å². The lowest BCUT2D eigenvalue weighted by Gasteiger charge is -2.14. The molecule has 0 bridgehead atoms. The van der Waals surface area contributed by atoms with Crippen molar-refractivity contribution in [3.05, 3.63) is 70.9 Å². The van der Waals surface area contributed by atoms with Crippen molar-refractivity contribution in [3.63, 3.8) is 0 Å². The summed E-state index contributed by atoms with van der Waals surface area (Å²) in [6, 6.07) is 15.3. The van der Waals surface area contributed by atoms with Gasteiger partial charge in [0.05, 0.1) is 5.57 Å². The number of carbonyl (C=O) groups excluding carboxylic acids is 2. The van der Waals surface area contributed by atoms with Crippen molar-refractivity contribution in [2.24, 2.45) is 0 Å². The average Bonchev–Trinajstić information content (AvgIpc) is 2.84. The number of nitrogens with zero attached hydrogens (tertiary/aromatic N) is 1. The first-order valence-electron chi connectivity index (χ1n) is 8.53. The van der Waals surface area contributed by atoms with Gasteiger partial charge in [-0.2, -0.15) is 0 Å². The lowest BCUT2D eigenvalue weighted by Crippen LogP contribution is -2.33. The van der Waals surface area contributed by atoms with Gasteiger partial charge in [0, 0.05) is 12.2 Å². The zero-order valence-corrected chi connectivity index (χ0v) is 14.8. The van der Waals surface area contributed by atoms with Gasteiger partial charge in [0.25, 0.3) is 11.8 Å². The van der Waals surface area contributed by atoms with Crippen LogP contribution in [0, 0.1) is 13.8 Å². The molecular formula is C21H22N2O2. The van der Waals surface area contributed by atoms with Crippen molar-refractivity contribution in [2.45, 2.75) is 27.2 Å². The lowest BCUT2D eigenvalue weighted by molar-refractivity contribution is -0.136. The van der Waals surface area contributed by atoms with Gasteiger partial charge < -0.3 is 5.32 Å². The van der Waals surface area contributed by atoms with Crippen molar-refractivity contribution in [3.8, 4) is 0 Å². The highest BCUT2D eigenvalue weighted by Crippen LogP contribution is 2.30. The third-order valence-electron chi connectivity index (χ3n) is 4.45. The summed E-state index contributed by atoms with van der Waals surface area (Å²) < 4.78 is 0. The molecule has 3 rings (SSSR count). The topological polar surface area (TPSA) is 49.4 Å². The Balaban J connectivity index is 2.06. The highest BCUT2D eigenvalue weighted by atomic mass is 16.2. The van der Waals surface area contributed by atoms with Crippen LogP contribution in [0.3, 0.4) is 0 Å². The largest absolute Gasteiger partial charge is 0.350 e. The fourth-order valence-corrected chi connectivity index (χ4v) is 2.95. The van der Waals surface area contributed by atoms with E-state index in [2.05, 4.69) is 5.32 Å². The SMILES string of the molecule is CCCN1C(=O)C(Nc2ccc(C)c(C)c2)=C(c2ccccc2)C1=O. The number of rotatable bonds is 5. The first kappa shape index (κ1) is 17.0. The molecule has 2 aromatic carbocycles. The van der Waals surface area contributed by atoms with E-state index in [0.29, 0.717) is 17.8 Å². The van der Waals surface area contributed by atoms with Gasteiger partial charge in [-0.25, -0.2) is 0 Å². The predicted octanol–water partition coefficient (Wildman–Crippen LogP) is 3.91. The number of benzene rings is 2. The van der Waals surface area contributed by atoms with Crippen molar-refractivity contribution in [1.82, 2.24) is 4.90 Å². The number of anilines is 1. The lowest BCUT2D eigenvalue weighted by atomic mass is 10.0. The second kappa shape index (κ2) is 6.93. The number of nitrogens with one attached hydrogen (secondary N) is 1. The smallest absolute Gasteiger partial charge is 0.278 e. The van der Waals surface area contributed by atoms with Crippen LogP contribution in [-0.2, 0) is 9.59 Å². The number of imide groups is 1. The summed E-state index contributed by atoms with van der Waals surface area (Å²) in [4.78, 5) is 27.0. The van der Waals surface area contributed by atoms with Crippen LogP contribution in [0.1, 0.15) is 30.0 Å². The molecule has 0 radical (unpaired) electrons. The Hall–Kier alpha value is -2.88. The molecule has 0 unspecified atom stereocenters. The quantitative estimate of drug-likeness (QED) is 0.844. The summed E-state index contributed by atoms with van der Waals surface area (Å²) in [6.45, 7) is 6.45. The Kier molecular flexibility index (Phi) is 4.70. The molecule has 0 aromatic heterocycles. The second-order valence-electron chi connectivity index (χ2n) is 6.30. The zero-order valence-electron chi connectivity index (χ0n) is 14.8. The summed E-state index contributed by atoms with van der Waals surface area (Å²) >= 11 is 0. The van der Waals surface area contributed by atoms with Gasteiger partial charge in [0.1, 0.15) is 5.70 Å². The maximum Gasteiger partial charge on any atom is 0.278 e. The zero-order chi connectivity index (χ0) is 18.0. The molecule has 25 heavy (non-hydrogen) atoms. The van der Waals surface area contributed by atoms with Crippen molar-refractivity contribution in [1.29, 1.82) is 0 Å². The number of hydrogen-bond acceptors (Lipinski definition) is 3. The number of hydrogen-bond donors (Lipinski definition) is 1. The van der Waals surface area contributed by atoms with Crippen LogP contribution in [0.15, 0.2) is 54.2 Å². The monoisotopic (exact) mass is 334 g/mol. The molecule has 2 amide bonds. The molecule has 0 spiro atoms. The van der Waals surface area contributed by atoms with Gasteiger partial charge >= 0.3 is 0 Å². The van der Waals surface area contributed by atoms with E-state index in [0.717, 1.165) is 23.2 Å². The normalized spacial score (nSPS) is 14.4. The second-order valence-corrected chi connectivity index (χ2v) is 6.30. The van der Waals surface area contributed by atoms with Crippen LogP contribution in [0.2, 0.25) is 0 Å². The summed E-state index contributed by atoms with van der Waals surface area (Å²) in [5, 5.41) is 3.19. The summed E-state index contributed by atoms with van der Waals surface area (Å²) in [5.41, 5.74) is 4.68. The van der Waals surface area contributed by atoms with Gasteiger partial charge in [-0.15, -0.1) is 0 Å². The number of carbonyl (C=O) groups is 2. The number of amides is 2. The summed E-state index contributed by atoms with van der Waals surface area (Å²) in [6.07, 6.45) is 0.733. The van der Waals surface area contributed by atoms with Gasteiger partial charge in [0.2, 0.25) is 0 Å². The molecule has 4 heteroatoms. The standard InChI is InChI=1S/C21H22N2O2/c1-4-12-23-20(24)18(16-8-6-5-7-9-16)19(21(23)25)22-17-11-10-14(2)15(3)13-17/h5-11,13,22H,4,12H2,1-3H3.